The van der Waals surface area contributed by atoms with E-state index in [4.69, 9.17) is 21.6 Å². The summed E-state index contributed by atoms with van der Waals surface area (Å²) >= 11 is 6.10. The summed E-state index contributed by atoms with van der Waals surface area (Å²) in [6.45, 7) is 1.84. The summed E-state index contributed by atoms with van der Waals surface area (Å²) in [4.78, 5) is 20.8. The molecule has 0 fully saturated rings. The highest BCUT2D eigenvalue weighted by Crippen LogP contribution is 2.31. The van der Waals surface area contributed by atoms with E-state index in [0.29, 0.717) is 27.8 Å². The molecule has 8 heteroatoms. The van der Waals surface area contributed by atoms with Crippen molar-refractivity contribution in [2.45, 2.75) is 6.92 Å². The van der Waals surface area contributed by atoms with Crippen LogP contribution in [0.5, 0.6) is 5.75 Å². The van der Waals surface area contributed by atoms with E-state index in [0.717, 1.165) is 11.3 Å². The number of hydrogen-bond acceptors (Lipinski definition) is 6. The molecule has 0 aliphatic carbocycles. The molecule has 0 radical (unpaired) electrons. The molecule has 0 aliphatic heterocycles. The van der Waals surface area contributed by atoms with Crippen molar-refractivity contribution in [1.29, 1.82) is 5.26 Å². The van der Waals surface area contributed by atoms with Crippen LogP contribution in [0.2, 0.25) is 5.02 Å². The fraction of sp³-hybridized carbons (Fsp3) is 0.100. The molecule has 3 aromatic rings. The van der Waals surface area contributed by atoms with Gasteiger partial charge in [0.15, 0.2) is 0 Å². The maximum atomic E-state index is 12.6. The normalized spacial score (nSPS) is 10.1. The Morgan fingerprint density at radius 2 is 1.93 bits per heavy atom. The van der Waals surface area contributed by atoms with Crippen molar-refractivity contribution in [2.24, 2.45) is 0 Å². The van der Waals surface area contributed by atoms with Crippen LogP contribution in [-0.4, -0.2) is 23.0 Å². The summed E-state index contributed by atoms with van der Waals surface area (Å²) in [5.41, 5.74) is 2.78. The third-order valence-corrected chi connectivity index (χ3v) is 4.32. The number of methoxy groups -OCH3 is 1. The number of rotatable bonds is 5. The fourth-order valence-corrected chi connectivity index (χ4v) is 2.60. The van der Waals surface area contributed by atoms with E-state index in [1.165, 1.54) is 19.5 Å². The number of carbonyl (C=O) groups excluding carboxylic acids is 1. The van der Waals surface area contributed by atoms with E-state index < -0.39 is 5.91 Å². The van der Waals surface area contributed by atoms with Gasteiger partial charge in [-0.3, -0.25) is 4.79 Å². The Hall–Kier alpha value is -3.63. The lowest BCUT2D eigenvalue weighted by molar-refractivity contribution is 0.102. The molecular weight excluding hydrogens is 378 g/mol. The van der Waals surface area contributed by atoms with Gasteiger partial charge < -0.3 is 15.4 Å². The molecule has 2 N–H and O–H groups in total. The van der Waals surface area contributed by atoms with Gasteiger partial charge in [0, 0.05) is 22.8 Å². The summed E-state index contributed by atoms with van der Waals surface area (Å²) in [5, 5.41) is 15.2. The molecule has 0 bridgehead atoms. The minimum Gasteiger partial charge on any atom is -0.495 e. The van der Waals surface area contributed by atoms with Crippen LogP contribution in [-0.2, 0) is 0 Å². The average Bonchev–Trinajstić information content (AvgIpc) is 2.71. The highest BCUT2D eigenvalue weighted by atomic mass is 35.5. The number of ether oxygens (including phenoxy) is 1. The van der Waals surface area contributed by atoms with Crippen LogP contribution in [0.4, 0.5) is 17.2 Å². The van der Waals surface area contributed by atoms with Crippen molar-refractivity contribution in [2.75, 3.05) is 17.7 Å². The zero-order valence-corrected chi connectivity index (χ0v) is 15.9. The second-order valence-electron chi connectivity index (χ2n) is 5.86. The maximum Gasteiger partial charge on any atom is 0.274 e. The van der Waals surface area contributed by atoms with Gasteiger partial charge in [-0.15, -0.1) is 0 Å². The van der Waals surface area contributed by atoms with E-state index >= 15 is 0 Å². The smallest absolute Gasteiger partial charge is 0.274 e. The number of nitrogens with zero attached hydrogens (tertiary/aromatic N) is 3. The van der Waals surface area contributed by atoms with Gasteiger partial charge in [-0.2, -0.15) is 5.26 Å². The van der Waals surface area contributed by atoms with Crippen LogP contribution in [0.1, 0.15) is 21.6 Å². The Morgan fingerprint density at radius 1 is 1.18 bits per heavy atom. The lowest BCUT2D eigenvalue weighted by atomic mass is 10.2. The number of aromatic nitrogens is 2. The Balaban J connectivity index is 1.79. The number of nitriles is 1. The predicted molar refractivity (Wildman–Crippen MR) is 107 cm³/mol. The largest absolute Gasteiger partial charge is 0.495 e. The van der Waals surface area contributed by atoms with Gasteiger partial charge in [-0.25, -0.2) is 9.97 Å². The lowest BCUT2D eigenvalue weighted by Crippen LogP contribution is -2.15. The van der Waals surface area contributed by atoms with Gasteiger partial charge in [-0.05, 0) is 42.8 Å². The highest BCUT2D eigenvalue weighted by Gasteiger charge is 2.14. The quantitative estimate of drug-likeness (QED) is 0.669. The zero-order valence-electron chi connectivity index (χ0n) is 15.2. The van der Waals surface area contributed by atoms with Gasteiger partial charge in [0.25, 0.3) is 5.91 Å². The molecule has 2 aromatic carbocycles. The van der Waals surface area contributed by atoms with Gasteiger partial charge in [0.05, 0.1) is 24.4 Å². The average molecular weight is 394 g/mol. The number of hydrogen-bond donors (Lipinski definition) is 2. The number of amides is 1. The molecule has 0 saturated carbocycles. The first-order valence-electron chi connectivity index (χ1n) is 8.25. The molecule has 0 atom stereocenters. The highest BCUT2D eigenvalue weighted by molar-refractivity contribution is 6.31. The van der Waals surface area contributed by atoms with E-state index in [9.17, 15) is 4.79 Å². The molecule has 28 heavy (non-hydrogen) atoms. The molecule has 1 heterocycles. The minimum atomic E-state index is -0.412. The molecule has 140 valence electrons. The summed E-state index contributed by atoms with van der Waals surface area (Å²) < 4.78 is 5.27. The van der Waals surface area contributed by atoms with Crippen LogP contribution in [0.15, 0.2) is 48.8 Å². The first-order valence-corrected chi connectivity index (χ1v) is 8.62. The zero-order chi connectivity index (χ0) is 20.1. The van der Waals surface area contributed by atoms with E-state index in [1.54, 1.807) is 36.4 Å². The van der Waals surface area contributed by atoms with E-state index in [-0.39, 0.29) is 5.69 Å². The van der Waals surface area contributed by atoms with Gasteiger partial charge >= 0.3 is 0 Å². The maximum absolute atomic E-state index is 12.6. The Kier molecular flexibility index (Phi) is 5.72. The van der Waals surface area contributed by atoms with Crippen molar-refractivity contribution in [3.8, 4) is 11.8 Å². The summed E-state index contributed by atoms with van der Waals surface area (Å²) in [5.74, 6) is 0.489. The summed E-state index contributed by atoms with van der Waals surface area (Å²) in [7, 11) is 1.50. The molecule has 7 nitrogen and oxygen atoms in total. The number of halogens is 1. The Morgan fingerprint density at radius 3 is 2.61 bits per heavy atom. The molecule has 0 spiro atoms. The number of carbonyl (C=O) groups is 1. The van der Waals surface area contributed by atoms with Gasteiger partial charge in [0.1, 0.15) is 23.6 Å². The van der Waals surface area contributed by atoms with Gasteiger partial charge in [-0.1, -0.05) is 11.6 Å². The van der Waals surface area contributed by atoms with E-state index in [1.807, 2.05) is 6.92 Å². The van der Waals surface area contributed by atoms with Crippen molar-refractivity contribution in [3.63, 3.8) is 0 Å². The van der Waals surface area contributed by atoms with Crippen molar-refractivity contribution in [1.82, 2.24) is 9.97 Å². The predicted octanol–water partition coefficient (Wildman–Crippen LogP) is 4.31. The summed E-state index contributed by atoms with van der Waals surface area (Å²) in [6, 6.07) is 13.8. The van der Waals surface area contributed by atoms with Crippen LogP contribution < -0.4 is 15.4 Å². The van der Waals surface area contributed by atoms with Crippen molar-refractivity contribution in [3.05, 3.63) is 70.6 Å². The third-order valence-electron chi connectivity index (χ3n) is 3.92. The van der Waals surface area contributed by atoms with Gasteiger partial charge in [0.2, 0.25) is 0 Å². The monoisotopic (exact) mass is 393 g/mol. The second kappa shape index (κ2) is 8.37. The number of nitrogens with one attached hydrogen (secondary N) is 2. The SMILES string of the molecule is COc1cc(Cl)c(C)cc1NC(=O)c1cc(Nc2ccc(C#N)cc2)ncn1. The van der Waals surface area contributed by atoms with Crippen LogP contribution >= 0.6 is 11.6 Å². The molecular formula is C20H16ClN5O2. The molecule has 0 aliphatic rings. The number of aryl methyl sites for hydroxylation is 1. The van der Waals surface area contributed by atoms with E-state index in [2.05, 4.69) is 26.7 Å². The fourth-order valence-electron chi connectivity index (χ4n) is 2.44. The van der Waals surface area contributed by atoms with Crippen LogP contribution in [0.3, 0.4) is 0 Å². The molecule has 1 aromatic heterocycles. The lowest BCUT2D eigenvalue weighted by Gasteiger charge is -2.12. The second-order valence-corrected chi connectivity index (χ2v) is 6.27. The van der Waals surface area contributed by atoms with Crippen molar-refractivity contribution < 1.29 is 9.53 Å². The Labute approximate surface area is 167 Å². The third kappa shape index (κ3) is 4.37. The molecule has 1 amide bonds. The topological polar surface area (TPSA) is 99.9 Å². The molecule has 3 rings (SSSR count). The standard InChI is InChI=1S/C20H16ClN5O2/c1-12-7-16(18(28-2)8-15(12)21)26-20(27)17-9-19(24-11-23-17)25-14-5-3-13(10-22)4-6-14/h3-9,11H,1-2H3,(H,26,27)(H,23,24,25). The van der Waals surface area contributed by atoms with Crippen molar-refractivity contribution >= 4 is 34.7 Å². The number of anilines is 3. The molecule has 0 unspecified atom stereocenters. The first kappa shape index (κ1) is 19.1. The Bertz CT molecular complexity index is 1060. The van der Waals surface area contributed by atoms with Crippen LogP contribution in [0.25, 0.3) is 0 Å². The first-order chi connectivity index (χ1) is 13.5. The molecule has 0 saturated heterocycles. The number of benzene rings is 2. The summed E-state index contributed by atoms with van der Waals surface area (Å²) in [6.07, 6.45) is 1.30. The minimum absolute atomic E-state index is 0.181. The van der Waals surface area contributed by atoms with Crippen LogP contribution in [0, 0.1) is 18.3 Å².